The fraction of sp³-hybridized carbons (Fsp3) is 0.600. The Hall–Kier alpha value is -1.27. The third-order valence-electron chi connectivity index (χ3n) is 4.88. The minimum absolute atomic E-state index is 0.161. The van der Waals surface area contributed by atoms with Crippen LogP contribution in [-0.2, 0) is 10.0 Å². The number of rotatable bonds is 3. The maximum atomic E-state index is 11.9. The van der Waals surface area contributed by atoms with E-state index in [2.05, 4.69) is 9.62 Å². The molecular weight excluding hydrogens is 286 g/mol. The quantitative estimate of drug-likeness (QED) is 0.837. The van der Waals surface area contributed by atoms with E-state index in [1.54, 1.807) is 6.07 Å². The van der Waals surface area contributed by atoms with Crippen LogP contribution in [0.1, 0.15) is 32.1 Å². The van der Waals surface area contributed by atoms with E-state index in [1.807, 2.05) is 12.1 Å². The van der Waals surface area contributed by atoms with Gasteiger partial charge in [0.1, 0.15) is 4.90 Å². The van der Waals surface area contributed by atoms with Crippen molar-refractivity contribution < 1.29 is 8.42 Å². The molecule has 2 unspecified atom stereocenters. The van der Waals surface area contributed by atoms with Crippen LogP contribution in [0.2, 0.25) is 0 Å². The van der Waals surface area contributed by atoms with Crippen LogP contribution in [0.25, 0.3) is 0 Å². The maximum absolute atomic E-state index is 11.9. The van der Waals surface area contributed by atoms with Gasteiger partial charge in [0, 0.05) is 18.3 Å². The summed E-state index contributed by atoms with van der Waals surface area (Å²) in [4.78, 5) is 2.58. The number of sulfonamides is 1. The Balaban J connectivity index is 1.91. The standard InChI is InChI=1S/C15H23N3O2S/c1-17-21(19,20)15-8-7-12(10-13(15)16)18-9-3-5-11-4-2-6-14(11)18/h7-8,10-11,14,17H,2-6,9,16H2,1H3. The van der Waals surface area contributed by atoms with Gasteiger partial charge in [0.25, 0.3) is 0 Å². The lowest BCUT2D eigenvalue weighted by Crippen LogP contribution is -2.42. The fourth-order valence-corrected chi connectivity index (χ4v) is 4.68. The van der Waals surface area contributed by atoms with Crippen molar-refractivity contribution in [2.24, 2.45) is 5.92 Å². The van der Waals surface area contributed by atoms with Gasteiger partial charge >= 0.3 is 0 Å². The molecule has 1 aliphatic carbocycles. The second kappa shape index (κ2) is 5.50. The SMILES string of the molecule is CNS(=O)(=O)c1ccc(N2CCCC3CCCC32)cc1N. The predicted octanol–water partition coefficient (Wildman–Crippen LogP) is 1.95. The summed E-state index contributed by atoms with van der Waals surface area (Å²) in [5.41, 5.74) is 7.36. The highest BCUT2D eigenvalue weighted by Gasteiger charge is 2.35. The average molecular weight is 309 g/mol. The first-order chi connectivity index (χ1) is 10.0. The minimum atomic E-state index is -3.49. The van der Waals surface area contributed by atoms with E-state index >= 15 is 0 Å². The first-order valence-electron chi connectivity index (χ1n) is 7.62. The second-order valence-corrected chi connectivity index (χ2v) is 7.88. The number of benzene rings is 1. The van der Waals surface area contributed by atoms with Gasteiger partial charge in [0.15, 0.2) is 0 Å². The Bertz CT molecular complexity index is 630. The maximum Gasteiger partial charge on any atom is 0.242 e. The number of anilines is 2. The zero-order valence-electron chi connectivity index (χ0n) is 12.4. The van der Waals surface area contributed by atoms with Crippen LogP contribution in [0, 0.1) is 5.92 Å². The molecule has 5 nitrogen and oxygen atoms in total. The molecule has 0 bridgehead atoms. The number of hydrogen-bond acceptors (Lipinski definition) is 4. The van der Waals surface area contributed by atoms with Gasteiger partial charge in [-0.15, -0.1) is 0 Å². The van der Waals surface area contributed by atoms with E-state index in [0.717, 1.165) is 18.2 Å². The van der Waals surface area contributed by atoms with Crippen LogP contribution in [0.4, 0.5) is 11.4 Å². The molecule has 3 N–H and O–H groups in total. The Kier molecular flexibility index (Phi) is 3.84. The lowest BCUT2D eigenvalue weighted by molar-refractivity contribution is 0.362. The molecule has 2 aliphatic rings. The van der Waals surface area contributed by atoms with Crippen molar-refractivity contribution in [1.82, 2.24) is 4.72 Å². The number of nitrogens with one attached hydrogen (secondary N) is 1. The van der Waals surface area contributed by atoms with E-state index in [-0.39, 0.29) is 4.90 Å². The molecule has 1 aliphatic heterocycles. The molecule has 1 heterocycles. The summed E-state index contributed by atoms with van der Waals surface area (Å²) in [6.45, 7) is 1.04. The minimum Gasteiger partial charge on any atom is -0.398 e. The summed E-state index contributed by atoms with van der Waals surface area (Å²) in [5.74, 6) is 0.792. The molecule has 3 rings (SSSR count). The number of nitrogens with two attached hydrogens (primary N) is 1. The number of piperidine rings is 1. The van der Waals surface area contributed by atoms with E-state index < -0.39 is 10.0 Å². The summed E-state index contributed by atoms with van der Waals surface area (Å²) in [6.07, 6.45) is 6.39. The van der Waals surface area contributed by atoms with E-state index in [1.165, 1.54) is 39.2 Å². The lowest BCUT2D eigenvalue weighted by atomic mass is 9.91. The molecule has 0 amide bonds. The summed E-state index contributed by atoms with van der Waals surface area (Å²) >= 11 is 0. The molecule has 0 aromatic heterocycles. The van der Waals surface area contributed by atoms with Crippen LogP contribution in [-0.4, -0.2) is 28.1 Å². The first kappa shape index (κ1) is 14.7. The van der Waals surface area contributed by atoms with Gasteiger partial charge in [-0.25, -0.2) is 13.1 Å². The third-order valence-corrected chi connectivity index (χ3v) is 6.36. The smallest absolute Gasteiger partial charge is 0.242 e. The van der Waals surface area contributed by atoms with Gasteiger partial charge in [0.05, 0.1) is 5.69 Å². The van der Waals surface area contributed by atoms with E-state index in [9.17, 15) is 8.42 Å². The monoisotopic (exact) mass is 309 g/mol. The van der Waals surface area contributed by atoms with Crippen molar-refractivity contribution in [2.75, 3.05) is 24.2 Å². The molecule has 1 saturated heterocycles. The van der Waals surface area contributed by atoms with Crippen LogP contribution in [0.15, 0.2) is 23.1 Å². The van der Waals surface area contributed by atoms with Crippen molar-refractivity contribution in [1.29, 1.82) is 0 Å². The second-order valence-electron chi connectivity index (χ2n) is 6.02. The van der Waals surface area contributed by atoms with Crippen molar-refractivity contribution in [3.05, 3.63) is 18.2 Å². The largest absolute Gasteiger partial charge is 0.398 e. The predicted molar refractivity (Wildman–Crippen MR) is 84.8 cm³/mol. The molecule has 21 heavy (non-hydrogen) atoms. The number of nitrogens with zero attached hydrogens (tertiary/aromatic N) is 1. The van der Waals surface area contributed by atoms with Crippen LogP contribution in [0.3, 0.4) is 0 Å². The van der Waals surface area contributed by atoms with Crippen molar-refractivity contribution in [2.45, 2.75) is 43.0 Å². The fourth-order valence-electron chi connectivity index (χ4n) is 3.84. The summed E-state index contributed by atoms with van der Waals surface area (Å²) in [7, 11) is -2.09. The molecule has 1 saturated carbocycles. The Morgan fingerprint density at radius 3 is 2.71 bits per heavy atom. The molecular formula is C15H23N3O2S. The highest BCUT2D eigenvalue weighted by Crippen LogP contribution is 2.39. The molecule has 1 aromatic carbocycles. The molecule has 0 spiro atoms. The molecule has 1 aromatic rings. The summed E-state index contributed by atoms with van der Waals surface area (Å²) < 4.78 is 26.1. The van der Waals surface area contributed by atoms with Gasteiger partial charge in [-0.2, -0.15) is 0 Å². The Labute approximate surface area is 126 Å². The van der Waals surface area contributed by atoms with Crippen molar-refractivity contribution >= 4 is 21.4 Å². The van der Waals surface area contributed by atoms with Crippen LogP contribution < -0.4 is 15.4 Å². The average Bonchev–Trinajstić information content (AvgIpc) is 2.95. The first-order valence-corrected chi connectivity index (χ1v) is 9.11. The number of hydrogen-bond donors (Lipinski definition) is 2. The zero-order chi connectivity index (χ0) is 15.0. The summed E-state index contributed by atoms with van der Waals surface area (Å²) in [6, 6.07) is 5.92. The highest BCUT2D eigenvalue weighted by atomic mass is 32.2. The lowest BCUT2D eigenvalue weighted by Gasteiger charge is -2.39. The summed E-state index contributed by atoms with van der Waals surface area (Å²) in [5, 5.41) is 0. The number of fused-ring (bicyclic) bond motifs is 1. The van der Waals surface area contributed by atoms with Crippen LogP contribution >= 0.6 is 0 Å². The molecule has 116 valence electrons. The van der Waals surface area contributed by atoms with Gasteiger partial charge in [0.2, 0.25) is 10.0 Å². The zero-order valence-corrected chi connectivity index (χ0v) is 13.2. The Morgan fingerprint density at radius 1 is 1.24 bits per heavy atom. The van der Waals surface area contributed by atoms with Gasteiger partial charge < -0.3 is 10.6 Å². The molecule has 2 atom stereocenters. The van der Waals surface area contributed by atoms with Crippen LogP contribution in [0.5, 0.6) is 0 Å². The van der Waals surface area contributed by atoms with Gasteiger partial charge in [-0.05, 0) is 56.8 Å². The normalized spacial score (nSPS) is 25.9. The van der Waals surface area contributed by atoms with Crippen molar-refractivity contribution in [3.63, 3.8) is 0 Å². The van der Waals surface area contributed by atoms with E-state index in [4.69, 9.17) is 5.73 Å². The molecule has 2 fully saturated rings. The number of nitrogen functional groups attached to an aromatic ring is 1. The van der Waals surface area contributed by atoms with Crippen molar-refractivity contribution in [3.8, 4) is 0 Å². The topological polar surface area (TPSA) is 75.4 Å². The Morgan fingerprint density at radius 2 is 2.00 bits per heavy atom. The molecule has 6 heteroatoms. The van der Waals surface area contributed by atoms with Gasteiger partial charge in [-0.1, -0.05) is 6.42 Å². The third kappa shape index (κ3) is 2.62. The van der Waals surface area contributed by atoms with E-state index in [0.29, 0.717) is 11.7 Å². The van der Waals surface area contributed by atoms with Gasteiger partial charge in [-0.3, -0.25) is 0 Å². The highest BCUT2D eigenvalue weighted by molar-refractivity contribution is 7.89. The molecule has 0 radical (unpaired) electrons.